The van der Waals surface area contributed by atoms with Crippen molar-refractivity contribution in [2.24, 2.45) is 5.41 Å². The number of ketones is 1. The predicted octanol–water partition coefficient (Wildman–Crippen LogP) is 5.07. The highest BCUT2D eigenvalue weighted by atomic mass is 16.5. The molecule has 0 N–H and O–H groups in total. The molecule has 0 radical (unpaired) electrons. The third-order valence-electron chi connectivity index (χ3n) is 4.03. The molecule has 0 unspecified atom stereocenters. The molecule has 0 aromatic heterocycles. The van der Waals surface area contributed by atoms with Crippen LogP contribution in [0.2, 0.25) is 0 Å². The van der Waals surface area contributed by atoms with Crippen LogP contribution < -0.4 is 9.47 Å². The number of Topliss-reactive ketones (excluding diaryl/α,β-unsaturated/α-hetero) is 1. The largest absolute Gasteiger partial charge is 0.493 e. The first kappa shape index (κ1) is 21.5. The normalized spacial score (nSPS) is 11.2. The van der Waals surface area contributed by atoms with E-state index >= 15 is 0 Å². The van der Waals surface area contributed by atoms with Gasteiger partial charge in [0.2, 0.25) is 0 Å². The van der Waals surface area contributed by atoms with Crippen LogP contribution in [-0.2, 0) is 11.3 Å². The van der Waals surface area contributed by atoms with E-state index in [2.05, 4.69) is 0 Å². The van der Waals surface area contributed by atoms with E-state index in [1.807, 2.05) is 51.1 Å². The lowest BCUT2D eigenvalue weighted by Crippen LogP contribution is -2.24. The van der Waals surface area contributed by atoms with E-state index in [-0.39, 0.29) is 23.0 Å². The molecule has 0 heterocycles. The third-order valence-corrected chi connectivity index (χ3v) is 4.03. The Balaban J connectivity index is 2.48. The summed E-state index contributed by atoms with van der Waals surface area (Å²) in [5.74, 6) is 0.0445. The van der Waals surface area contributed by atoms with Gasteiger partial charge in [-0.3, -0.25) is 4.79 Å². The van der Waals surface area contributed by atoms with Gasteiger partial charge in [-0.2, -0.15) is 0 Å². The summed E-state index contributed by atoms with van der Waals surface area (Å²) < 4.78 is 16.6. The van der Waals surface area contributed by atoms with E-state index < -0.39 is 11.4 Å². The van der Waals surface area contributed by atoms with Crippen molar-refractivity contribution in [3.63, 3.8) is 0 Å². The summed E-state index contributed by atoms with van der Waals surface area (Å²) in [7, 11) is 1.49. The number of esters is 1. The lowest BCUT2D eigenvalue weighted by atomic mass is 9.84. The van der Waals surface area contributed by atoms with Crippen molar-refractivity contribution in [3.05, 3.63) is 59.2 Å². The van der Waals surface area contributed by atoms with Gasteiger partial charge in [0.25, 0.3) is 0 Å². The van der Waals surface area contributed by atoms with E-state index in [4.69, 9.17) is 14.2 Å². The SMILES string of the molecule is COc1cc(C(=O)OC(C)C)c(C(=O)C(C)(C)C)cc1OCc1ccccc1. The number of hydrogen-bond acceptors (Lipinski definition) is 5. The van der Waals surface area contributed by atoms with Crippen molar-refractivity contribution < 1.29 is 23.8 Å². The third kappa shape index (κ3) is 5.35. The summed E-state index contributed by atoms with van der Waals surface area (Å²) in [6.07, 6.45) is -0.301. The Morgan fingerprint density at radius 2 is 1.57 bits per heavy atom. The molecule has 0 aliphatic rings. The Morgan fingerprint density at radius 3 is 2.11 bits per heavy atom. The maximum Gasteiger partial charge on any atom is 0.339 e. The summed E-state index contributed by atoms with van der Waals surface area (Å²) >= 11 is 0. The Morgan fingerprint density at radius 1 is 0.964 bits per heavy atom. The summed E-state index contributed by atoms with van der Waals surface area (Å²) in [6.45, 7) is 9.26. The molecule has 2 rings (SSSR count). The molecule has 0 saturated carbocycles. The molecule has 5 nitrogen and oxygen atoms in total. The Bertz CT molecular complexity index is 832. The number of methoxy groups -OCH3 is 1. The molecule has 150 valence electrons. The molecule has 0 saturated heterocycles. The quantitative estimate of drug-likeness (QED) is 0.493. The van der Waals surface area contributed by atoms with Crippen LogP contribution in [0.25, 0.3) is 0 Å². The summed E-state index contributed by atoms with van der Waals surface area (Å²) in [6, 6.07) is 12.8. The van der Waals surface area contributed by atoms with Gasteiger partial charge in [-0.25, -0.2) is 4.79 Å². The van der Waals surface area contributed by atoms with E-state index in [1.165, 1.54) is 13.2 Å². The monoisotopic (exact) mass is 384 g/mol. The van der Waals surface area contributed by atoms with Gasteiger partial charge in [0, 0.05) is 11.0 Å². The van der Waals surface area contributed by atoms with E-state index in [9.17, 15) is 9.59 Å². The first-order chi connectivity index (χ1) is 13.1. The summed E-state index contributed by atoms with van der Waals surface area (Å²) in [5, 5.41) is 0. The van der Waals surface area contributed by atoms with Crippen LogP contribution in [0.4, 0.5) is 0 Å². The fraction of sp³-hybridized carbons (Fsp3) is 0.391. The van der Waals surface area contributed by atoms with Crippen molar-refractivity contribution >= 4 is 11.8 Å². The van der Waals surface area contributed by atoms with Crippen molar-refractivity contribution in [1.29, 1.82) is 0 Å². The fourth-order valence-corrected chi connectivity index (χ4v) is 2.61. The molecule has 0 amide bonds. The second-order valence-corrected chi connectivity index (χ2v) is 7.86. The molecule has 0 aliphatic heterocycles. The summed E-state index contributed by atoms with van der Waals surface area (Å²) in [4.78, 5) is 25.6. The molecule has 0 spiro atoms. The van der Waals surface area contributed by atoms with E-state index in [1.54, 1.807) is 19.9 Å². The van der Waals surface area contributed by atoms with Crippen LogP contribution in [0.5, 0.6) is 11.5 Å². The minimum Gasteiger partial charge on any atom is -0.493 e. The Hall–Kier alpha value is -2.82. The second-order valence-electron chi connectivity index (χ2n) is 7.86. The van der Waals surface area contributed by atoms with Crippen LogP contribution in [0.15, 0.2) is 42.5 Å². The van der Waals surface area contributed by atoms with Crippen LogP contribution in [0.1, 0.15) is 60.9 Å². The van der Waals surface area contributed by atoms with Crippen molar-refractivity contribution in [2.75, 3.05) is 7.11 Å². The molecule has 0 aliphatic carbocycles. The highest BCUT2D eigenvalue weighted by Gasteiger charge is 2.30. The van der Waals surface area contributed by atoms with Gasteiger partial charge in [-0.1, -0.05) is 51.1 Å². The molecular formula is C23H28O5. The highest BCUT2D eigenvalue weighted by molar-refractivity contribution is 6.09. The average Bonchev–Trinajstić information content (AvgIpc) is 2.64. The van der Waals surface area contributed by atoms with Crippen molar-refractivity contribution in [1.82, 2.24) is 0 Å². The molecule has 5 heteroatoms. The molecular weight excluding hydrogens is 356 g/mol. The second kappa shape index (κ2) is 8.91. The van der Waals surface area contributed by atoms with Gasteiger partial charge >= 0.3 is 5.97 Å². The minimum atomic E-state index is -0.669. The number of carbonyl (C=O) groups is 2. The van der Waals surface area contributed by atoms with Crippen LogP contribution in [-0.4, -0.2) is 25.0 Å². The number of ether oxygens (including phenoxy) is 3. The Kier molecular flexibility index (Phi) is 6.84. The zero-order chi connectivity index (χ0) is 20.9. The summed E-state index contributed by atoms with van der Waals surface area (Å²) in [5.41, 5.74) is 0.758. The molecule has 2 aromatic rings. The average molecular weight is 384 g/mol. The Labute approximate surface area is 166 Å². The van der Waals surface area contributed by atoms with Crippen LogP contribution in [0.3, 0.4) is 0 Å². The molecule has 28 heavy (non-hydrogen) atoms. The van der Waals surface area contributed by atoms with Gasteiger partial charge in [0.1, 0.15) is 6.61 Å². The van der Waals surface area contributed by atoms with Gasteiger partial charge in [-0.05, 0) is 31.5 Å². The molecule has 0 fully saturated rings. The fourth-order valence-electron chi connectivity index (χ4n) is 2.61. The topological polar surface area (TPSA) is 61.8 Å². The first-order valence-electron chi connectivity index (χ1n) is 9.28. The standard InChI is InChI=1S/C23H28O5/c1-15(2)28-22(25)18-13-19(26-6)20(12-17(18)21(24)23(3,4)5)27-14-16-10-8-7-9-11-16/h7-13,15H,14H2,1-6H3. The molecule has 2 aromatic carbocycles. The number of rotatable bonds is 7. The lowest BCUT2D eigenvalue weighted by molar-refractivity contribution is 0.0374. The van der Waals surface area contributed by atoms with Crippen LogP contribution in [0, 0.1) is 5.41 Å². The van der Waals surface area contributed by atoms with Gasteiger partial charge in [0.05, 0.1) is 18.8 Å². The van der Waals surface area contributed by atoms with Crippen molar-refractivity contribution in [2.45, 2.75) is 47.3 Å². The first-order valence-corrected chi connectivity index (χ1v) is 9.28. The van der Waals surface area contributed by atoms with Gasteiger partial charge < -0.3 is 14.2 Å². The molecule has 0 bridgehead atoms. The maximum absolute atomic E-state index is 13.0. The van der Waals surface area contributed by atoms with Gasteiger partial charge in [-0.15, -0.1) is 0 Å². The van der Waals surface area contributed by atoms with Crippen molar-refractivity contribution in [3.8, 4) is 11.5 Å². The van der Waals surface area contributed by atoms with Gasteiger partial charge in [0.15, 0.2) is 17.3 Å². The number of carbonyl (C=O) groups excluding carboxylic acids is 2. The minimum absolute atomic E-state index is 0.171. The van der Waals surface area contributed by atoms with E-state index in [0.717, 1.165) is 5.56 Å². The number of benzene rings is 2. The van der Waals surface area contributed by atoms with E-state index in [0.29, 0.717) is 18.1 Å². The smallest absolute Gasteiger partial charge is 0.339 e. The maximum atomic E-state index is 13.0. The predicted molar refractivity (Wildman–Crippen MR) is 108 cm³/mol. The zero-order valence-corrected chi connectivity index (χ0v) is 17.4. The lowest BCUT2D eigenvalue weighted by Gasteiger charge is -2.21. The molecule has 0 atom stereocenters. The number of hydrogen-bond donors (Lipinski definition) is 0. The highest BCUT2D eigenvalue weighted by Crippen LogP contribution is 2.35. The van der Waals surface area contributed by atoms with Crippen LogP contribution >= 0.6 is 0 Å². The zero-order valence-electron chi connectivity index (χ0n) is 17.4.